The number of pyridine rings is 1. The molecule has 0 unspecified atom stereocenters. The van der Waals surface area contributed by atoms with Gasteiger partial charge in [0, 0.05) is 0 Å². The number of halogens is 3. The SMILES string of the molecule is Nc1ccc(C(F)(F)F)n2ncnc12. The number of rotatable bonds is 0. The highest BCUT2D eigenvalue weighted by Gasteiger charge is 2.34. The molecule has 74 valence electrons. The predicted molar refractivity (Wildman–Crippen MR) is 42.4 cm³/mol. The van der Waals surface area contributed by atoms with E-state index >= 15 is 0 Å². The van der Waals surface area contributed by atoms with E-state index in [9.17, 15) is 13.2 Å². The van der Waals surface area contributed by atoms with E-state index in [0.717, 1.165) is 18.5 Å². The largest absolute Gasteiger partial charge is 0.433 e. The number of aromatic nitrogens is 3. The van der Waals surface area contributed by atoms with Gasteiger partial charge >= 0.3 is 6.18 Å². The van der Waals surface area contributed by atoms with Crippen LogP contribution in [-0.4, -0.2) is 14.6 Å². The van der Waals surface area contributed by atoms with E-state index in [1.54, 1.807) is 0 Å². The van der Waals surface area contributed by atoms with Crippen molar-refractivity contribution in [3.05, 3.63) is 24.2 Å². The Kier molecular flexibility index (Phi) is 1.63. The lowest BCUT2D eigenvalue weighted by molar-refractivity contribution is -0.142. The molecule has 4 nitrogen and oxygen atoms in total. The Bertz CT molecular complexity index is 473. The first-order chi connectivity index (χ1) is 6.50. The summed E-state index contributed by atoms with van der Waals surface area (Å²) in [4.78, 5) is 3.62. The molecule has 2 aromatic rings. The number of fused-ring (bicyclic) bond motifs is 1. The zero-order chi connectivity index (χ0) is 10.3. The quantitative estimate of drug-likeness (QED) is 0.701. The molecule has 2 rings (SSSR count). The Morgan fingerprint density at radius 1 is 1.29 bits per heavy atom. The van der Waals surface area contributed by atoms with Crippen molar-refractivity contribution in [3.63, 3.8) is 0 Å². The van der Waals surface area contributed by atoms with E-state index in [4.69, 9.17) is 5.73 Å². The smallest absolute Gasteiger partial charge is 0.396 e. The van der Waals surface area contributed by atoms with Gasteiger partial charge in [-0.2, -0.15) is 18.3 Å². The minimum Gasteiger partial charge on any atom is -0.396 e. The standard InChI is InChI=1S/C7H5F3N4/c8-7(9,10)5-2-1-4(11)6-12-3-13-14(5)6/h1-3H,11H2. The highest BCUT2D eigenvalue weighted by atomic mass is 19.4. The van der Waals surface area contributed by atoms with Gasteiger partial charge in [0.25, 0.3) is 0 Å². The molecular formula is C7H5F3N4. The number of hydrogen-bond donors (Lipinski definition) is 1. The van der Waals surface area contributed by atoms with Crippen LogP contribution in [0.3, 0.4) is 0 Å². The van der Waals surface area contributed by atoms with Crippen molar-refractivity contribution in [1.82, 2.24) is 14.6 Å². The van der Waals surface area contributed by atoms with E-state index in [1.165, 1.54) is 0 Å². The summed E-state index contributed by atoms with van der Waals surface area (Å²) < 4.78 is 37.9. The Balaban J connectivity index is 2.80. The number of nitrogens with two attached hydrogens (primary N) is 1. The van der Waals surface area contributed by atoms with E-state index in [2.05, 4.69) is 10.1 Å². The second-order valence-corrected chi connectivity index (χ2v) is 2.67. The van der Waals surface area contributed by atoms with Gasteiger partial charge in [-0.3, -0.25) is 0 Å². The van der Waals surface area contributed by atoms with Crippen LogP contribution in [0.25, 0.3) is 5.65 Å². The molecule has 0 aliphatic carbocycles. The summed E-state index contributed by atoms with van der Waals surface area (Å²) in [6, 6.07) is 2.03. The summed E-state index contributed by atoms with van der Waals surface area (Å²) in [5, 5.41) is 3.45. The van der Waals surface area contributed by atoms with Crippen LogP contribution in [0, 0.1) is 0 Å². The van der Waals surface area contributed by atoms with Gasteiger partial charge in [-0.25, -0.2) is 9.50 Å². The van der Waals surface area contributed by atoms with Crippen LogP contribution in [0.4, 0.5) is 18.9 Å². The lowest BCUT2D eigenvalue weighted by atomic mass is 10.3. The lowest BCUT2D eigenvalue weighted by Crippen LogP contribution is -2.12. The molecule has 2 N–H and O–H groups in total. The molecule has 0 saturated heterocycles. The summed E-state index contributed by atoms with van der Waals surface area (Å²) in [6.07, 6.45) is -3.43. The van der Waals surface area contributed by atoms with Crippen molar-refractivity contribution in [2.45, 2.75) is 6.18 Å². The summed E-state index contributed by atoms with van der Waals surface area (Å²) in [5.41, 5.74) is 4.71. The predicted octanol–water partition coefficient (Wildman–Crippen LogP) is 1.33. The van der Waals surface area contributed by atoms with Gasteiger partial charge in [-0.15, -0.1) is 0 Å². The number of nitrogens with zero attached hydrogens (tertiary/aromatic N) is 3. The maximum atomic E-state index is 12.4. The molecule has 0 saturated carbocycles. The maximum absolute atomic E-state index is 12.4. The molecule has 0 aliphatic rings. The monoisotopic (exact) mass is 202 g/mol. The van der Waals surface area contributed by atoms with E-state index in [-0.39, 0.29) is 11.3 Å². The molecule has 0 amide bonds. The van der Waals surface area contributed by atoms with Crippen molar-refractivity contribution in [2.24, 2.45) is 0 Å². The second kappa shape index (κ2) is 2.60. The average Bonchev–Trinajstić information content (AvgIpc) is 2.50. The van der Waals surface area contributed by atoms with Crippen molar-refractivity contribution in [1.29, 1.82) is 0 Å². The number of anilines is 1. The molecular weight excluding hydrogens is 197 g/mol. The van der Waals surface area contributed by atoms with E-state index < -0.39 is 11.9 Å². The van der Waals surface area contributed by atoms with Crippen LogP contribution in [0.15, 0.2) is 18.5 Å². The van der Waals surface area contributed by atoms with Gasteiger partial charge in [0.15, 0.2) is 5.65 Å². The lowest BCUT2D eigenvalue weighted by Gasteiger charge is -2.08. The molecule has 0 fully saturated rings. The summed E-state index contributed by atoms with van der Waals surface area (Å²) in [7, 11) is 0. The fourth-order valence-corrected chi connectivity index (χ4v) is 1.14. The van der Waals surface area contributed by atoms with Crippen LogP contribution >= 0.6 is 0 Å². The van der Waals surface area contributed by atoms with Crippen LogP contribution in [0.5, 0.6) is 0 Å². The first-order valence-electron chi connectivity index (χ1n) is 3.65. The summed E-state index contributed by atoms with van der Waals surface area (Å²) in [5.74, 6) is 0. The van der Waals surface area contributed by atoms with Crippen molar-refractivity contribution >= 4 is 11.3 Å². The second-order valence-electron chi connectivity index (χ2n) is 2.67. The highest BCUT2D eigenvalue weighted by Crippen LogP contribution is 2.30. The first kappa shape index (κ1) is 8.79. The topological polar surface area (TPSA) is 56.2 Å². The summed E-state index contributed by atoms with van der Waals surface area (Å²) in [6.45, 7) is 0. The molecule has 0 aromatic carbocycles. The van der Waals surface area contributed by atoms with E-state index in [0.29, 0.717) is 4.52 Å². The minimum atomic E-state index is -4.46. The van der Waals surface area contributed by atoms with Crippen molar-refractivity contribution in [3.8, 4) is 0 Å². The molecule has 0 spiro atoms. The molecule has 14 heavy (non-hydrogen) atoms. The summed E-state index contributed by atoms with van der Waals surface area (Å²) >= 11 is 0. The highest BCUT2D eigenvalue weighted by molar-refractivity contribution is 5.64. The van der Waals surface area contributed by atoms with Crippen LogP contribution in [-0.2, 0) is 6.18 Å². The molecule has 2 aromatic heterocycles. The fraction of sp³-hybridized carbons (Fsp3) is 0.143. The Morgan fingerprint density at radius 2 is 2.00 bits per heavy atom. The first-order valence-corrected chi connectivity index (χ1v) is 3.65. The molecule has 0 atom stereocenters. The number of nitrogen functional groups attached to an aromatic ring is 1. The zero-order valence-electron chi connectivity index (χ0n) is 6.78. The van der Waals surface area contributed by atoms with Gasteiger partial charge < -0.3 is 5.73 Å². The van der Waals surface area contributed by atoms with Gasteiger partial charge in [0.1, 0.15) is 12.0 Å². The average molecular weight is 202 g/mol. The Labute approximate surface area is 76.2 Å². The molecule has 0 radical (unpaired) electrons. The van der Waals surface area contributed by atoms with Crippen LogP contribution in [0.1, 0.15) is 5.69 Å². The third kappa shape index (κ3) is 1.17. The third-order valence-electron chi connectivity index (χ3n) is 1.75. The van der Waals surface area contributed by atoms with E-state index in [1.807, 2.05) is 0 Å². The third-order valence-corrected chi connectivity index (χ3v) is 1.75. The zero-order valence-corrected chi connectivity index (χ0v) is 6.78. The van der Waals surface area contributed by atoms with Crippen LogP contribution in [0.2, 0.25) is 0 Å². The number of alkyl halides is 3. The maximum Gasteiger partial charge on any atom is 0.433 e. The van der Waals surface area contributed by atoms with Crippen molar-refractivity contribution in [2.75, 3.05) is 5.73 Å². The van der Waals surface area contributed by atoms with Gasteiger partial charge in [-0.05, 0) is 12.1 Å². The molecule has 0 aliphatic heterocycles. The van der Waals surface area contributed by atoms with Gasteiger partial charge in [0.05, 0.1) is 5.69 Å². The minimum absolute atomic E-state index is 0.0137. The normalized spacial score (nSPS) is 12.2. The molecule has 2 heterocycles. The Morgan fingerprint density at radius 3 is 2.64 bits per heavy atom. The molecule has 0 bridgehead atoms. The Hall–Kier alpha value is -1.79. The van der Waals surface area contributed by atoms with Gasteiger partial charge in [-0.1, -0.05) is 0 Å². The van der Waals surface area contributed by atoms with Crippen molar-refractivity contribution < 1.29 is 13.2 Å². The fourth-order valence-electron chi connectivity index (χ4n) is 1.14. The number of hydrogen-bond acceptors (Lipinski definition) is 3. The van der Waals surface area contributed by atoms with Gasteiger partial charge in [0.2, 0.25) is 0 Å². The molecule has 7 heteroatoms. The van der Waals surface area contributed by atoms with Crippen LogP contribution < -0.4 is 5.73 Å².